The normalized spacial score (nSPS) is 36.5. The summed E-state index contributed by atoms with van der Waals surface area (Å²) in [7, 11) is 0. The average molecular weight is 282 g/mol. The van der Waals surface area contributed by atoms with Crippen molar-refractivity contribution in [3.8, 4) is 0 Å². The molecule has 0 spiro atoms. The summed E-state index contributed by atoms with van der Waals surface area (Å²) in [4.78, 5) is 12.6. The maximum atomic E-state index is 12.6. The quantitative estimate of drug-likeness (QED) is 0.765. The molecule has 21 heavy (non-hydrogen) atoms. The molecule has 0 N–H and O–H groups in total. The SMILES string of the molecule is C=Cc1ccccc1C(=O)OC12CC3CC(CC(C3)C1)C2. The number of ether oxygens (including phenoxy) is 1. The van der Waals surface area contributed by atoms with Crippen LogP contribution in [0.1, 0.15) is 54.4 Å². The summed E-state index contributed by atoms with van der Waals surface area (Å²) in [5, 5.41) is 0. The molecular formula is C19H22O2. The molecule has 4 saturated carbocycles. The fraction of sp³-hybridized carbons (Fsp3) is 0.526. The summed E-state index contributed by atoms with van der Waals surface area (Å²) in [5.74, 6) is 2.21. The van der Waals surface area contributed by atoms with Crippen LogP contribution >= 0.6 is 0 Å². The van der Waals surface area contributed by atoms with Gasteiger partial charge in [-0.1, -0.05) is 30.9 Å². The molecule has 0 aliphatic heterocycles. The molecule has 4 bridgehead atoms. The maximum absolute atomic E-state index is 12.6. The molecule has 5 rings (SSSR count). The highest BCUT2D eigenvalue weighted by molar-refractivity contribution is 5.93. The van der Waals surface area contributed by atoms with Gasteiger partial charge in [0.25, 0.3) is 0 Å². The van der Waals surface area contributed by atoms with E-state index in [1.54, 1.807) is 6.08 Å². The van der Waals surface area contributed by atoms with Gasteiger partial charge in [0.2, 0.25) is 0 Å². The number of esters is 1. The maximum Gasteiger partial charge on any atom is 0.339 e. The molecule has 0 amide bonds. The zero-order valence-electron chi connectivity index (χ0n) is 12.4. The standard InChI is InChI=1S/C19H22O2/c1-2-16-5-3-4-6-17(16)18(20)21-19-10-13-7-14(11-19)9-15(8-13)12-19/h2-6,13-15H,1,7-12H2. The third-order valence-electron chi connectivity index (χ3n) is 5.69. The number of hydrogen-bond acceptors (Lipinski definition) is 2. The molecule has 2 heteroatoms. The molecule has 0 aromatic heterocycles. The Kier molecular flexibility index (Phi) is 2.95. The van der Waals surface area contributed by atoms with E-state index in [1.165, 1.54) is 19.3 Å². The molecule has 4 aliphatic rings. The average Bonchev–Trinajstić information content (AvgIpc) is 2.45. The molecule has 0 unspecified atom stereocenters. The van der Waals surface area contributed by atoms with Crippen LogP contribution in [0.5, 0.6) is 0 Å². The molecule has 0 radical (unpaired) electrons. The second kappa shape index (κ2) is 4.72. The van der Waals surface area contributed by atoms with Gasteiger partial charge in [0, 0.05) is 0 Å². The lowest BCUT2D eigenvalue weighted by Crippen LogP contribution is -2.52. The summed E-state index contributed by atoms with van der Waals surface area (Å²) in [5.41, 5.74) is 1.36. The summed E-state index contributed by atoms with van der Waals surface area (Å²) in [6.07, 6.45) is 9.07. The van der Waals surface area contributed by atoms with Crippen LogP contribution < -0.4 is 0 Å². The van der Waals surface area contributed by atoms with Crippen LogP contribution in [0.3, 0.4) is 0 Å². The number of benzene rings is 1. The van der Waals surface area contributed by atoms with Crippen molar-refractivity contribution in [2.45, 2.75) is 44.1 Å². The van der Waals surface area contributed by atoms with E-state index >= 15 is 0 Å². The Bertz CT molecular complexity index is 552. The highest BCUT2D eigenvalue weighted by atomic mass is 16.6. The van der Waals surface area contributed by atoms with E-state index in [9.17, 15) is 4.79 Å². The summed E-state index contributed by atoms with van der Waals surface area (Å²) >= 11 is 0. The summed E-state index contributed by atoms with van der Waals surface area (Å²) in [6.45, 7) is 3.79. The van der Waals surface area contributed by atoms with Crippen LogP contribution in [-0.4, -0.2) is 11.6 Å². The Morgan fingerprint density at radius 1 is 1.10 bits per heavy atom. The minimum atomic E-state index is -0.167. The molecule has 1 aromatic rings. The third-order valence-corrected chi connectivity index (χ3v) is 5.69. The van der Waals surface area contributed by atoms with E-state index in [1.807, 2.05) is 24.3 Å². The van der Waals surface area contributed by atoms with Crippen LogP contribution in [-0.2, 0) is 4.74 Å². The number of carbonyl (C=O) groups excluding carboxylic acids is 1. The van der Waals surface area contributed by atoms with Crippen LogP contribution in [0.25, 0.3) is 6.08 Å². The van der Waals surface area contributed by atoms with E-state index in [0.717, 1.165) is 42.6 Å². The highest BCUT2D eigenvalue weighted by Crippen LogP contribution is 2.57. The van der Waals surface area contributed by atoms with Crippen molar-refractivity contribution < 1.29 is 9.53 Å². The fourth-order valence-electron chi connectivity index (χ4n) is 5.27. The van der Waals surface area contributed by atoms with Crippen LogP contribution in [0, 0.1) is 17.8 Å². The first kappa shape index (κ1) is 13.1. The second-order valence-corrected chi connectivity index (χ2v) is 7.28. The topological polar surface area (TPSA) is 26.3 Å². The summed E-state index contributed by atoms with van der Waals surface area (Å²) in [6, 6.07) is 7.59. The van der Waals surface area contributed by atoms with E-state index in [2.05, 4.69) is 6.58 Å². The van der Waals surface area contributed by atoms with Crippen molar-refractivity contribution >= 4 is 12.0 Å². The lowest BCUT2D eigenvalue weighted by atomic mass is 9.54. The molecule has 0 heterocycles. The first-order chi connectivity index (χ1) is 10.2. The van der Waals surface area contributed by atoms with Gasteiger partial charge in [-0.05, 0) is 67.9 Å². The van der Waals surface area contributed by atoms with Crippen LogP contribution in [0.4, 0.5) is 0 Å². The number of carbonyl (C=O) groups is 1. The predicted octanol–water partition coefficient (Wildman–Crippen LogP) is 4.46. The Hall–Kier alpha value is -1.57. The molecular weight excluding hydrogens is 260 g/mol. The van der Waals surface area contributed by atoms with Crippen molar-refractivity contribution in [3.05, 3.63) is 42.0 Å². The van der Waals surface area contributed by atoms with Crippen molar-refractivity contribution in [2.24, 2.45) is 17.8 Å². The molecule has 0 atom stereocenters. The van der Waals surface area contributed by atoms with Gasteiger partial charge in [0.1, 0.15) is 5.60 Å². The zero-order valence-corrected chi connectivity index (χ0v) is 12.4. The van der Waals surface area contributed by atoms with E-state index in [-0.39, 0.29) is 11.6 Å². The smallest absolute Gasteiger partial charge is 0.339 e. The van der Waals surface area contributed by atoms with Crippen LogP contribution in [0.2, 0.25) is 0 Å². The van der Waals surface area contributed by atoms with E-state index in [0.29, 0.717) is 5.56 Å². The second-order valence-electron chi connectivity index (χ2n) is 7.28. The third kappa shape index (κ3) is 2.21. The first-order valence-electron chi connectivity index (χ1n) is 8.12. The lowest BCUT2D eigenvalue weighted by molar-refractivity contribution is -0.131. The van der Waals surface area contributed by atoms with Crippen LogP contribution in [0.15, 0.2) is 30.8 Å². The van der Waals surface area contributed by atoms with Crippen molar-refractivity contribution in [1.29, 1.82) is 0 Å². The van der Waals surface area contributed by atoms with Gasteiger partial charge in [0.05, 0.1) is 5.56 Å². The van der Waals surface area contributed by atoms with Gasteiger partial charge in [-0.3, -0.25) is 0 Å². The van der Waals surface area contributed by atoms with Crippen molar-refractivity contribution in [1.82, 2.24) is 0 Å². The Morgan fingerprint density at radius 2 is 1.67 bits per heavy atom. The monoisotopic (exact) mass is 282 g/mol. The van der Waals surface area contributed by atoms with Gasteiger partial charge < -0.3 is 4.74 Å². The number of hydrogen-bond donors (Lipinski definition) is 0. The minimum Gasteiger partial charge on any atom is -0.455 e. The Labute approximate surface area is 126 Å². The molecule has 110 valence electrons. The predicted molar refractivity (Wildman–Crippen MR) is 82.9 cm³/mol. The van der Waals surface area contributed by atoms with Gasteiger partial charge in [-0.2, -0.15) is 0 Å². The van der Waals surface area contributed by atoms with Gasteiger partial charge in [-0.15, -0.1) is 0 Å². The molecule has 4 fully saturated rings. The largest absolute Gasteiger partial charge is 0.455 e. The minimum absolute atomic E-state index is 0.160. The van der Waals surface area contributed by atoms with Crippen molar-refractivity contribution in [3.63, 3.8) is 0 Å². The lowest BCUT2D eigenvalue weighted by Gasteiger charge is -2.55. The molecule has 4 aliphatic carbocycles. The molecule has 2 nitrogen and oxygen atoms in total. The van der Waals surface area contributed by atoms with Gasteiger partial charge in [0.15, 0.2) is 0 Å². The molecule has 1 aromatic carbocycles. The Balaban J connectivity index is 1.58. The van der Waals surface area contributed by atoms with E-state index < -0.39 is 0 Å². The van der Waals surface area contributed by atoms with E-state index in [4.69, 9.17) is 4.74 Å². The summed E-state index contributed by atoms with van der Waals surface area (Å²) < 4.78 is 6.09. The zero-order chi connectivity index (χ0) is 14.4. The highest BCUT2D eigenvalue weighted by Gasteiger charge is 2.53. The van der Waals surface area contributed by atoms with Gasteiger partial charge in [-0.25, -0.2) is 4.79 Å². The fourth-order valence-corrected chi connectivity index (χ4v) is 5.27. The van der Waals surface area contributed by atoms with Gasteiger partial charge >= 0.3 is 5.97 Å². The molecule has 0 saturated heterocycles. The van der Waals surface area contributed by atoms with Crippen molar-refractivity contribution in [2.75, 3.05) is 0 Å². The first-order valence-corrected chi connectivity index (χ1v) is 8.12. The Morgan fingerprint density at radius 3 is 2.24 bits per heavy atom. The number of rotatable bonds is 3.